The fourth-order valence-corrected chi connectivity index (χ4v) is 3.05. The number of aryl methyl sites for hydroxylation is 1. The molecule has 1 aromatic rings. The van der Waals surface area contributed by atoms with E-state index in [4.69, 9.17) is 5.73 Å². The molecule has 0 bridgehead atoms. The van der Waals surface area contributed by atoms with Gasteiger partial charge in [0.15, 0.2) is 5.13 Å². The first-order chi connectivity index (χ1) is 7.59. The highest BCUT2D eigenvalue weighted by molar-refractivity contribution is 7.17. The van der Waals surface area contributed by atoms with E-state index >= 15 is 0 Å². The summed E-state index contributed by atoms with van der Waals surface area (Å²) in [6, 6.07) is 0.398. The quantitative estimate of drug-likeness (QED) is 0.859. The Morgan fingerprint density at radius 1 is 1.50 bits per heavy atom. The predicted octanol–water partition coefficient (Wildman–Crippen LogP) is 2.05. The first kappa shape index (κ1) is 11.4. The molecule has 0 unspecified atom stereocenters. The molecule has 0 atom stereocenters. The molecule has 0 saturated heterocycles. The SMILES string of the molecule is Cc1nc(N)sc1C(=O)N(C)C1CCCC1. The number of nitrogens with two attached hydrogens (primary N) is 1. The van der Waals surface area contributed by atoms with Crippen LogP contribution < -0.4 is 5.73 Å². The monoisotopic (exact) mass is 239 g/mol. The largest absolute Gasteiger partial charge is 0.375 e. The Hall–Kier alpha value is -1.10. The molecule has 1 amide bonds. The first-order valence-corrected chi connectivity index (χ1v) is 6.41. The number of amides is 1. The molecule has 0 aromatic carbocycles. The van der Waals surface area contributed by atoms with Crippen LogP contribution in [-0.4, -0.2) is 28.9 Å². The number of carbonyl (C=O) groups is 1. The number of nitrogen functional groups attached to an aromatic ring is 1. The lowest BCUT2D eigenvalue weighted by Gasteiger charge is -2.23. The topological polar surface area (TPSA) is 59.2 Å². The van der Waals surface area contributed by atoms with Gasteiger partial charge in [0.1, 0.15) is 4.88 Å². The van der Waals surface area contributed by atoms with E-state index in [9.17, 15) is 4.79 Å². The molecule has 16 heavy (non-hydrogen) atoms. The number of hydrogen-bond donors (Lipinski definition) is 1. The molecule has 1 heterocycles. The maximum absolute atomic E-state index is 12.2. The summed E-state index contributed by atoms with van der Waals surface area (Å²) >= 11 is 1.29. The first-order valence-electron chi connectivity index (χ1n) is 5.59. The minimum absolute atomic E-state index is 0.0681. The van der Waals surface area contributed by atoms with E-state index < -0.39 is 0 Å². The van der Waals surface area contributed by atoms with Crippen LogP contribution in [0.3, 0.4) is 0 Å². The molecule has 1 aliphatic rings. The molecule has 1 aromatic heterocycles. The van der Waals surface area contributed by atoms with Gasteiger partial charge < -0.3 is 10.6 Å². The number of carbonyl (C=O) groups excluding carboxylic acids is 1. The van der Waals surface area contributed by atoms with Crippen molar-refractivity contribution in [1.29, 1.82) is 0 Å². The van der Waals surface area contributed by atoms with Gasteiger partial charge in [0.05, 0.1) is 5.69 Å². The van der Waals surface area contributed by atoms with Crippen LogP contribution in [0.2, 0.25) is 0 Å². The van der Waals surface area contributed by atoms with Gasteiger partial charge in [-0.1, -0.05) is 24.2 Å². The van der Waals surface area contributed by atoms with E-state index in [0.29, 0.717) is 16.1 Å². The van der Waals surface area contributed by atoms with Gasteiger partial charge in [0.25, 0.3) is 5.91 Å². The van der Waals surface area contributed by atoms with Gasteiger partial charge in [-0.05, 0) is 19.8 Å². The zero-order valence-electron chi connectivity index (χ0n) is 9.69. The molecular weight excluding hydrogens is 222 g/mol. The van der Waals surface area contributed by atoms with E-state index in [1.165, 1.54) is 24.2 Å². The smallest absolute Gasteiger partial charge is 0.265 e. The molecule has 0 aliphatic heterocycles. The maximum Gasteiger partial charge on any atom is 0.265 e. The zero-order chi connectivity index (χ0) is 11.7. The van der Waals surface area contributed by atoms with Gasteiger partial charge in [0.2, 0.25) is 0 Å². The van der Waals surface area contributed by atoms with Crippen LogP contribution in [0.4, 0.5) is 5.13 Å². The third kappa shape index (κ3) is 2.04. The van der Waals surface area contributed by atoms with Gasteiger partial charge in [-0.15, -0.1) is 0 Å². The average Bonchev–Trinajstić information content (AvgIpc) is 2.85. The Morgan fingerprint density at radius 2 is 2.12 bits per heavy atom. The van der Waals surface area contributed by atoms with Crippen molar-refractivity contribution in [2.24, 2.45) is 0 Å². The third-order valence-corrected chi connectivity index (χ3v) is 4.17. The molecule has 5 heteroatoms. The van der Waals surface area contributed by atoms with Gasteiger partial charge >= 0.3 is 0 Å². The van der Waals surface area contributed by atoms with Crippen molar-refractivity contribution in [3.8, 4) is 0 Å². The Labute approximate surface area is 99.5 Å². The van der Waals surface area contributed by atoms with E-state index in [0.717, 1.165) is 18.5 Å². The lowest BCUT2D eigenvalue weighted by Crippen LogP contribution is -2.35. The second kappa shape index (κ2) is 4.41. The molecule has 88 valence electrons. The fourth-order valence-electron chi connectivity index (χ4n) is 2.23. The summed E-state index contributed by atoms with van der Waals surface area (Å²) in [5.41, 5.74) is 6.36. The summed E-state index contributed by atoms with van der Waals surface area (Å²) in [4.78, 5) is 18.8. The minimum Gasteiger partial charge on any atom is -0.375 e. The predicted molar refractivity (Wildman–Crippen MR) is 65.6 cm³/mol. The van der Waals surface area contributed by atoms with Crippen molar-refractivity contribution in [2.75, 3.05) is 12.8 Å². The molecule has 0 spiro atoms. The highest BCUT2D eigenvalue weighted by atomic mass is 32.1. The molecule has 1 aliphatic carbocycles. The van der Waals surface area contributed by atoms with E-state index in [2.05, 4.69) is 4.98 Å². The number of thiazole rings is 1. The lowest BCUT2D eigenvalue weighted by molar-refractivity contribution is 0.0739. The Morgan fingerprint density at radius 3 is 2.62 bits per heavy atom. The Bertz CT molecular complexity index is 396. The second-order valence-corrected chi connectivity index (χ2v) is 5.35. The van der Waals surface area contributed by atoms with Crippen LogP contribution in [0.25, 0.3) is 0 Å². The second-order valence-electron chi connectivity index (χ2n) is 4.32. The lowest BCUT2D eigenvalue weighted by atomic mass is 10.2. The standard InChI is InChI=1S/C11H17N3OS/c1-7-9(16-11(12)13-7)10(15)14(2)8-5-3-4-6-8/h8H,3-6H2,1-2H3,(H2,12,13). The van der Waals surface area contributed by atoms with Gasteiger partial charge in [-0.2, -0.15) is 0 Å². The maximum atomic E-state index is 12.2. The number of nitrogens with zero attached hydrogens (tertiary/aromatic N) is 2. The van der Waals surface area contributed by atoms with E-state index in [-0.39, 0.29) is 5.91 Å². The minimum atomic E-state index is 0.0681. The van der Waals surface area contributed by atoms with Crippen molar-refractivity contribution in [3.63, 3.8) is 0 Å². The Kier molecular flexibility index (Phi) is 3.14. The van der Waals surface area contributed by atoms with Crippen LogP contribution in [0.5, 0.6) is 0 Å². The molecular formula is C11H17N3OS. The van der Waals surface area contributed by atoms with Crippen LogP contribution >= 0.6 is 11.3 Å². The van der Waals surface area contributed by atoms with E-state index in [1.807, 2.05) is 18.9 Å². The average molecular weight is 239 g/mol. The molecule has 0 radical (unpaired) electrons. The van der Waals surface area contributed by atoms with Gasteiger partial charge in [0, 0.05) is 13.1 Å². The summed E-state index contributed by atoms with van der Waals surface area (Å²) in [7, 11) is 1.88. The van der Waals surface area contributed by atoms with E-state index in [1.54, 1.807) is 0 Å². The van der Waals surface area contributed by atoms with Crippen molar-refractivity contribution in [1.82, 2.24) is 9.88 Å². The molecule has 2 N–H and O–H groups in total. The van der Waals surface area contributed by atoms with Crippen LogP contribution in [0.1, 0.15) is 41.0 Å². The van der Waals surface area contributed by atoms with Gasteiger partial charge in [-0.3, -0.25) is 4.79 Å². The highest BCUT2D eigenvalue weighted by Crippen LogP contribution is 2.26. The molecule has 4 nitrogen and oxygen atoms in total. The van der Waals surface area contributed by atoms with Crippen molar-refractivity contribution >= 4 is 22.4 Å². The van der Waals surface area contributed by atoms with Crippen molar-refractivity contribution in [3.05, 3.63) is 10.6 Å². The van der Waals surface area contributed by atoms with Crippen molar-refractivity contribution < 1.29 is 4.79 Å². The summed E-state index contributed by atoms with van der Waals surface area (Å²) in [6.45, 7) is 1.84. The summed E-state index contributed by atoms with van der Waals surface area (Å²) in [6.07, 6.45) is 4.70. The van der Waals surface area contributed by atoms with Gasteiger partial charge in [-0.25, -0.2) is 4.98 Å². The molecule has 2 rings (SSSR count). The summed E-state index contributed by atoms with van der Waals surface area (Å²) in [5, 5.41) is 0.473. The summed E-state index contributed by atoms with van der Waals surface area (Å²) in [5.74, 6) is 0.0681. The number of rotatable bonds is 2. The molecule has 1 fully saturated rings. The summed E-state index contributed by atoms with van der Waals surface area (Å²) < 4.78 is 0. The highest BCUT2D eigenvalue weighted by Gasteiger charge is 2.26. The Balaban J connectivity index is 2.14. The number of anilines is 1. The van der Waals surface area contributed by atoms with Crippen molar-refractivity contribution in [2.45, 2.75) is 38.6 Å². The number of aromatic nitrogens is 1. The van der Waals surface area contributed by atoms with Crippen LogP contribution in [-0.2, 0) is 0 Å². The normalized spacial score (nSPS) is 16.6. The number of hydrogen-bond acceptors (Lipinski definition) is 4. The van der Waals surface area contributed by atoms with Crippen LogP contribution in [0, 0.1) is 6.92 Å². The molecule has 1 saturated carbocycles. The third-order valence-electron chi connectivity index (χ3n) is 3.20. The fraction of sp³-hybridized carbons (Fsp3) is 0.636. The van der Waals surface area contributed by atoms with Crippen LogP contribution in [0.15, 0.2) is 0 Å². The zero-order valence-corrected chi connectivity index (χ0v) is 10.5.